The van der Waals surface area contributed by atoms with Crippen LogP contribution < -0.4 is 11.0 Å². The van der Waals surface area contributed by atoms with Crippen molar-refractivity contribution in [1.29, 1.82) is 0 Å². The molecule has 1 aliphatic heterocycles. The van der Waals surface area contributed by atoms with Crippen molar-refractivity contribution >= 4 is 22.8 Å². The van der Waals surface area contributed by atoms with E-state index in [1.54, 1.807) is 23.4 Å². The number of nitrogens with zero attached hydrogens (tertiary/aromatic N) is 3. The van der Waals surface area contributed by atoms with Gasteiger partial charge in [0.15, 0.2) is 0 Å². The second kappa shape index (κ2) is 6.43. The van der Waals surface area contributed by atoms with Gasteiger partial charge in [0.1, 0.15) is 0 Å². The van der Waals surface area contributed by atoms with Crippen LogP contribution in [0, 0.1) is 0 Å². The number of aromatic nitrogens is 3. The van der Waals surface area contributed by atoms with Gasteiger partial charge in [0.05, 0.1) is 22.9 Å². The van der Waals surface area contributed by atoms with Crippen LogP contribution in [0.4, 0.5) is 10.5 Å². The first-order valence-electron chi connectivity index (χ1n) is 8.37. The molecule has 0 spiro atoms. The van der Waals surface area contributed by atoms with Gasteiger partial charge in [-0.25, -0.2) is 9.59 Å². The number of amides is 2. The van der Waals surface area contributed by atoms with Gasteiger partial charge >= 0.3 is 11.7 Å². The number of nitrogens with one attached hydrogen (secondary N) is 2. The Morgan fingerprint density at radius 3 is 2.72 bits per heavy atom. The lowest BCUT2D eigenvalue weighted by Crippen LogP contribution is -2.42. The molecule has 1 aromatic carbocycles. The largest absolute Gasteiger partial charge is 0.326 e. The van der Waals surface area contributed by atoms with Gasteiger partial charge in [-0.05, 0) is 37.1 Å². The molecule has 0 aliphatic carbocycles. The molecule has 1 aliphatic rings. The minimum atomic E-state index is -0.127. The van der Waals surface area contributed by atoms with Crippen LogP contribution in [0.1, 0.15) is 18.9 Å². The zero-order valence-electron chi connectivity index (χ0n) is 13.7. The number of hydrogen-bond donors (Lipinski definition) is 2. The van der Waals surface area contributed by atoms with Crippen molar-refractivity contribution in [3.8, 4) is 0 Å². The third-order valence-corrected chi connectivity index (χ3v) is 4.65. The zero-order chi connectivity index (χ0) is 17.2. The van der Waals surface area contributed by atoms with Crippen LogP contribution in [0.2, 0.25) is 0 Å². The number of anilines is 1. The molecule has 0 atom stereocenters. The number of fused-ring (bicyclic) bond motifs is 1. The molecule has 1 saturated heterocycles. The summed E-state index contributed by atoms with van der Waals surface area (Å²) in [4.78, 5) is 33.3. The molecule has 7 nitrogen and oxygen atoms in total. The maximum atomic E-state index is 12.4. The Bertz CT molecular complexity index is 939. The molecule has 1 fully saturated rings. The highest BCUT2D eigenvalue weighted by atomic mass is 16.2. The smallest absolute Gasteiger partial charge is 0.324 e. The molecule has 0 radical (unpaired) electrons. The van der Waals surface area contributed by atoms with E-state index in [9.17, 15) is 9.59 Å². The number of para-hydroxylation sites is 2. The molecule has 25 heavy (non-hydrogen) atoms. The molecule has 4 rings (SSSR count). The number of hydrogen-bond acceptors (Lipinski definition) is 3. The molecule has 0 unspecified atom stereocenters. The van der Waals surface area contributed by atoms with Gasteiger partial charge in [-0.3, -0.25) is 9.55 Å². The normalized spacial score (nSPS) is 15.4. The van der Waals surface area contributed by atoms with E-state index in [1.165, 1.54) is 0 Å². The molecule has 3 aromatic rings. The van der Waals surface area contributed by atoms with Crippen LogP contribution >= 0.6 is 0 Å². The van der Waals surface area contributed by atoms with Crippen molar-refractivity contribution in [1.82, 2.24) is 19.4 Å². The summed E-state index contributed by atoms with van der Waals surface area (Å²) in [5.41, 5.74) is 2.37. The Kier molecular flexibility index (Phi) is 3.97. The van der Waals surface area contributed by atoms with E-state index in [-0.39, 0.29) is 17.8 Å². The number of urea groups is 1. The fourth-order valence-electron chi connectivity index (χ4n) is 3.40. The first kappa shape index (κ1) is 15.4. The highest BCUT2D eigenvalue weighted by molar-refractivity contribution is 5.89. The predicted molar refractivity (Wildman–Crippen MR) is 95.7 cm³/mol. The standard InChI is InChI=1S/C18H19N5O2/c24-17(20-13-4-3-9-19-12-13)22-10-7-14(8-11-22)23-16-6-2-1-5-15(16)21-18(23)25/h1-6,9,12,14H,7-8,10-11H2,(H,20,24)(H,21,25). The molecule has 2 aromatic heterocycles. The van der Waals surface area contributed by atoms with Gasteiger partial charge in [-0.2, -0.15) is 0 Å². The number of piperidine rings is 1. The van der Waals surface area contributed by atoms with Crippen LogP contribution in [0.3, 0.4) is 0 Å². The summed E-state index contributed by atoms with van der Waals surface area (Å²) < 4.78 is 1.83. The molecular weight excluding hydrogens is 318 g/mol. The number of benzene rings is 1. The summed E-state index contributed by atoms with van der Waals surface area (Å²) in [5.74, 6) is 0. The number of pyridine rings is 1. The number of aromatic amines is 1. The summed E-state index contributed by atoms with van der Waals surface area (Å²) >= 11 is 0. The second-order valence-corrected chi connectivity index (χ2v) is 6.21. The molecule has 0 saturated carbocycles. The van der Waals surface area contributed by atoms with Crippen LogP contribution in [0.25, 0.3) is 11.0 Å². The van der Waals surface area contributed by atoms with Crippen molar-refractivity contribution in [2.75, 3.05) is 18.4 Å². The Morgan fingerprint density at radius 1 is 1.16 bits per heavy atom. The van der Waals surface area contributed by atoms with E-state index in [2.05, 4.69) is 15.3 Å². The van der Waals surface area contributed by atoms with Gasteiger partial charge < -0.3 is 15.2 Å². The quantitative estimate of drug-likeness (QED) is 0.754. The maximum absolute atomic E-state index is 12.4. The van der Waals surface area contributed by atoms with E-state index >= 15 is 0 Å². The van der Waals surface area contributed by atoms with E-state index in [1.807, 2.05) is 34.9 Å². The molecule has 2 amide bonds. The van der Waals surface area contributed by atoms with Gasteiger partial charge in [-0.15, -0.1) is 0 Å². The van der Waals surface area contributed by atoms with Crippen molar-refractivity contribution in [3.05, 3.63) is 59.3 Å². The summed E-state index contributed by atoms with van der Waals surface area (Å²) in [6.07, 6.45) is 4.79. The number of rotatable bonds is 2. The fourth-order valence-corrected chi connectivity index (χ4v) is 3.40. The average molecular weight is 337 g/mol. The monoisotopic (exact) mass is 337 g/mol. The number of H-pyrrole nitrogens is 1. The summed E-state index contributed by atoms with van der Waals surface area (Å²) in [5, 5.41) is 2.85. The Balaban J connectivity index is 1.45. The predicted octanol–water partition coefficient (Wildman–Crippen LogP) is 2.59. The topological polar surface area (TPSA) is 83.0 Å². The van der Waals surface area contributed by atoms with Crippen molar-refractivity contribution in [3.63, 3.8) is 0 Å². The average Bonchev–Trinajstić information content (AvgIpc) is 2.98. The number of carbonyl (C=O) groups is 1. The molecule has 0 bridgehead atoms. The van der Waals surface area contributed by atoms with Crippen LogP contribution in [-0.2, 0) is 0 Å². The lowest BCUT2D eigenvalue weighted by atomic mass is 10.0. The minimum absolute atomic E-state index is 0.0838. The van der Waals surface area contributed by atoms with Gasteiger partial charge in [-0.1, -0.05) is 12.1 Å². The fraction of sp³-hybridized carbons (Fsp3) is 0.278. The van der Waals surface area contributed by atoms with Crippen molar-refractivity contribution in [2.24, 2.45) is 0 Å². The Hall–Kier alpha value is -3.09. The highest BCUT2D eigenvalue weighted by Gasteiger charge is 2.26. The van der Waals surface area contributed by atoms with Crippen molar-refractivity contribution < 1.29 is 4.79 Å². The van der Waals surface area contributed by atoms with Gasteiger partial charge in [0.25, 0.3) is 0 Å². The zero-order valence-corrected chi connectivity index (χ0v) is 13.7. The SMILES string of the molecule is O=C(Nc1cccnc1)N1CCC(n2c(=O)[nH]c3ccccc32)CC1. The van der Waals surface area contributed by atoms with Crippen LogP contribution in [-0.4, -0.2) is 38.6 Å². The van der Waals surface area contributed by atoms with Crippen LogP contribution in [0.5, 0.6) is 0 Å². The first-order valence-corrected chi connectivity index (χ1v) is 8.37. The third kappa shape index (κ3) is 3.00. The lowest BCUT2D eigenvalue weighted by molar-refractivity contribution is 0.184. The summed E-state index contributed by atoms with van der Waals surface area (Å²) in [6, 6.07) is 11.3. The number of imidazole rings is 1. The molecule has 7 heteroatoms. The summed E-state index contributed by atoms with van der Waals surface area (Å²) in [7, 11) is 0. The molecular formula is C18H19N5O2. The second-order valence-electron chi connectivity index (χ2n) is 6.21. The Morgan fingerprint density at radius 2 is 1.96 bits per heavy atom. The molecule has 128 valence electrons. The third-order valence-electron chi connectivity index (χ3n) is 4.65. The molecule has 2 N–H and O–H groups in total. The van der Waals surface area contributed by atoms with E-state index in [0.717, 1.165) is 23.9 Å². The highest BCUT2D eigenvalue weighted by Crippen LogP contribution is 2.25. The molecule has 3 heterocycles. The van der Waals surface area contributed by atoms with Crippen LogP contribution in [0.15, 0.2) is 53.6 Å². The van der Waals surface area contributed by atoms with E-state index < -0.39 is 0 Å². The summed E-state index contributed by atoms with van der Waals surface area (Å²) in [6.45, 7) is 1.23. The minimum Gasteiger partial charge on any atom is -0.324 e. The maximum Gasteiger partial charge on any atom is 0.326 e. The Labute approximate surface area is 144 Å². The van der Waals surface area contributed by atoms with E-state index in [0.29, 0.717) is 18.8 Å². The van der Waals surface area contributed by atoms with Gasteiger partial charge in [0.2, 0.25) is 0 Å². The van der Waals surface area contributed by atoms with Crippen molar-refractivity contribution in [2.45, 2.75) is 18.9 Å². The first-order chi connectivity index (χ1) is 12.2. The number of likely N-dealkylation sites (tertiary alicyclic amines) is 1. The van der Waals surface area contributed by atoms with E-state index in [4.69, 9.17) is 0 Å². The van der Waals surface area contributed by atoms with Gasteiger partial charge in [0, 0.05) is 25.3 Å². The lowest BCUT2D eigenvalue weighted by Gasteiger charge is -2.32. The number of carbonyl (C=O) groups excluding carboxylic acids is 1.